The lowest BCUT2D eigenvalue weighted by Crippen LogP contribution is -2.10. The summed E-state index contributed by atoms with van der Waals surface area (Å²) >= 11 is 0. The minimum Gasteiger partial charge on any atom is -0.412 e. The summed E-state index contributed by atoms with van der Waals surface area (Å²) in [7, 11) is 0. The summed E-state index contributed by atoms with van der Waals surface area (Å²) in [5, 5.41) is 7.08. The molecule has 0 aliphatic heterocycles. The molecule has 1 aromatic rings. The summed E-state index contributed by atoms with van der Waals surface area (Å²) < 4.78 is 0. The average molecular weight is 243 g/mol. The number of benzene rings is 1. The Kier molecular flexibility index (Phi) is 25.0. The molecule has 15 heavy (non-hydrogen) atoms. The number of halogens is 1. The number of nitrogens with two attached hydrogens (primary N) is 1. The van der Waals surface area contributed by atoms with Crippen LogP contribution in [0.4, 0.5) is 0 Å². The van der Waals surface area contributed by atoms with Crippen LogP contribution in [0.3, 0.4) is 0 Å². The molecule has 0 amide bonds. The summed E-state index contributed by atoms with van der Waals surface area (Å²) in [6.45, 7) is 2.00. The first-order valence-corrected chi connectivity index (χ1v) is 3.11. The van der Waals surface area contributed by atoms with E-state index in [1.54, 1.807) is 0 Å². The van der Waals surface area contributed by atoms with Gasteiger partial charge >= 0.3 is 0 Å². The van der Waals surface area contributed by atoms with E-state index in [4.69, 9.17) is 11.1 Å². The van der Waals surface area contributed by atoms with E-state index in [0.717, 1.165) is 5.56 Å². The minimum atomic E-state index is 0. The van der Waals surface area contributed by atoms with E-state index in [1.165, 1.54) is 5.56 Å². The van der Waals surface area contributed by atoms with Gasteiger partial charge in [-0.25, -0.2) is 0 Å². The number of nitrogen functional groups attached to an aromatic ring is 1. The molecule has 0 aromatic heterocycles. The second kappa shape index (κ2) is 12.8. The van der Waals surface area contributed by atoms with Gasteiger partial charge in [-0.05, 0) is 6.92 Å². The number of amidine groups is 1. The number of aryl methyl sites for hydroxylation is 1. The van der Waals surface area contributed by atoms with Crippen LogP contribution in [0.1, 0.15) is 11.1 Å². The van der Waals surface area contributed by atoms with Crippen LogP contribution in [0.25, 0.3) is 0 Å². The third-order valence-electron chi connectivity index (χ3n) is 1.36. The Hall–Kier alpha value is -1.18. The molecule has 0 unspecified atom stereocenters. The van der Waals surface area contributed by atoms with Crippen molar-refractivity contribution in [2.24, 2.45) is 5.73 Å². The number of nitrogens with one attached hydrogen (secondary N) is 1. The van der Waals surface area contributed by atoms with E-state index >= 15 is 0 Å². The van der Waals surface area contributed by atoms with E-state index in [1.807, 2.05) is 31.2 Å². The Balaban J connectivity index is -0.0000000667. The first-order valence-electron chi connectivity index (χ1n) is 3.11. The van der Waals surface area contributed by atoms with Gasteiger partial charge in [0.15, 0.2) is 0 Å². The number of rotatable bonds is 1. The Morgan fingerprint density at radius 2 is 1.33 bits per heavy atom. The maximum Gasteiger partial charge on any atom is 0.122 e. The van der Waals surface area contributed by atoms with Gasteiger partial charge in [-0.3, -0.25) is 5.41 Å². The summed E-state index contributed by atoms with van der Waals surface area (Å²) in [6.07, 6.45) is 0. The van der Waals surface area contributed by atoms with Crippen molar-refractivity contribution >= 4 is 18.2 Å². The lowest BCUT2D eigenvalue weighted by atomic mass is 10.1. The standard InChI is InChI=1S/C8H10N2.ClH.4H2O/c1-6-2-4-7(5-3-6)8(9)10;;;;;/h2-5H,1H3,(H3,9,10);1H;4*1H2. The SMILES string of the molecule is Cc1ccc(C(=N)N)cc1.Cl.O.O.O.O. The molecule has 0 bridgehead atoms. The van der Waals surface area contributed by atoms with Crippen molar-refractivity contribution < 1.29 is 21.9 Å². The summed E-state index contributed by atoms with van der Waals surface area (Å²) in [4.78, 5) is 0. The fourth-order valence-electron chi connectivity index (χ4n) is 0.733. The second-order valence-corrected chi connectivity index (χ2v) is 2.28. The maximum absolute atomic E-state index is 7.08. The predicted molar refractivity (Wildman–Crippen MR) is 63.9 cm³/mol. The minimum absolute atomic E-state index is 0. The lowest BCUT2D eigenvalue weighted by Gasteiger charge is -1.96. The molecule has 0 fully saturated rings. The second-order valence-electron chi connectivity index (χ2n) is 2.28. The Morgan fingerprint density at radius 1 is 1.00 bits per heavy atom. The maximum atomic E-state index is 7.08. The van der Waals surface area contributed by atoms with Crippen molar-refractivity contribution in [2.75, 3.05) is 0 Å². The van der Waals surface area contributed by atoms with Crippen molar-refractivity contribution in [2.45, 2.75) is 6.92 Å². The highest BCUT2D eigenvalue weighted by atomic mass is 35.5. The summed E-state index contributed by atoms with van der Waals surface area (Å²) in [5.74, 6) is 0.125. The molecular formula is C8H19ClN2O4. The predicted octanol–water partition coefficient (Wildman–Crippen LogP) is -1.60. The van der Waals surface area contributed by atoms with Gasteiger partial charge in [0.25, 0.3) is 0 Å². The molecule has 0 aliphatic rings. The van der Waals surface area contributed by atoms with Gasteiger partial charge in [-0.2, -0.15) is 0 Å². The molecule has 1 rings (SSSR count). The van der Waals surface area contributed by atoms with Crippen molar-refractivity contribution in [3.63, 3.8) is 0 Å². The monoisotopic (exact) mass is 242 g/mol. The summed E-state index contributed by atoms with van der Waals surface area (Å²) in [6, 6.07) is 7.57. The van der Waals surface area contributed by atoms with E-state index in [9.17, 15) is 0 Å². The van der Waals surface area contributed by atoms with Gasteiger partial charge in [0.05, 0.1) is 0 Å². The molecule has 0 saturated carbocycles. The molecule has 0 spiro atoms. The average Bonchev–Trinajstić information content (AvgIpc) is 1.88. The van der Waals surface area contributed by atoms with Gasteiger partial charge < -0.3 is 27.6 Å². The van der Waals surface area contributed by atoms with E-state index in [0.29, 0.717) is 0 Å². The van der Waals surface area contributed by atoms with Crippen molar-refractivity contribution in [1.29, 1.82) is 5.41 Å². The molecule has 6 nitrogen and oxygen atoms in total. The first-order chi connectivity index (χ1) is 4.70. The third-order valence-corrected chi connectivity index (χ3v) is 1.36. The van der Waals surface area contributed by atoms with Crippen LogP contribution in [0.15, 0.2) is 24.3 Å². The molecule has 92 valence electrons. The van der Waals surface area contributed by atoms with Gasteiger partial charge in [0.1, 0.15) is 5.84 Å². The van der Waals surface area contributed by atoms with Crippen LogP contribution in [-0.4, -0.2) is 27.7 Å². The topological polar surface area (TPSA) is 176 Å². The van der Waals surface area contributed by atoms with Gasteiger partial charge in [0, 0.05) is 5.56 Å². The van der Waals surface area contributed by atoms with Crippen LogP contribution >= 0.6 is 12.4 Å². The van der Waals surface area contributed by atoms with Crippen LogP contribution in [-0.2, 0) is 0 Å². The quantitative estimate of drug-likeness (QED) is 0.438. The Morgan fingerprint density at radius 3 is 1.60 bits per heavy atom. The third kappa shape index (κ3) is 9.13. The van der Waals surface area contributed by atoms with Crippen molar-refractivity contribution in [3.8, 4) is 0 Å². The highest BCUT2D eigenvalue weighted by Crippen LogP contribution is 2.00. The zero-order valence-corrected chi connectivity index (χ0v) is 9.11. The molecule has 0 atom stereocenters. The molecule has 0 heterocycles. The molecule has 0 radical (unpaired) electrons. The van der Waals surface area contributed by atoms with Crippen LogP contribution in [0.5, 0.6) is 0 Å². The van der Waals surface area contributed by atoms with E-state index in [-0.39, 0.29) is 40.1 Å². The normalized spacial score (nSPS) is 6.20. The molecular weight excluding hydrogens is 224 g/mol. The van der Waals surface area contributed by atoms with Crippen LogP contribution in [0.2, 0.25) is 0 Å². The summed E-state index contributed by atoms with van der Waals surface area (Å²) in [5.41, 5.74) is 7.22. The Labute approximate surface area is 94.3 Å². The smallest absolute Gasteiger partial charge is 0.122 e. The van der Waals surface area contributed by atoms with Crippen molar-refractivity contribution in [1.82, 2.24) is 0 Å². The van der Waals surface area contributed by atoms with Crippen molar-refractivity contribution in [3.05, 3.63) is 35.4 Å². The molecule has 0 saturated heterocycles. The first kappa shape index (κ1) is 29.2. The molecule has 11 N–H and O–H groups in total. The van der Waals surface area contributed by atoms with Gasteiger partial charge in [0.2, 0.25) is 0 Å². The van der Waals surface area contributed by atoms with Crippen LogP contribution in [0, 0.1) is 12.3 Å². The zero-order chi connectivity index (χ0) is 7.56. The fraction of sp³-hybridized carbons (Fsp3) is 0.125. The lowest BCUT2D eigenvalue weighted by molar-refractivity contribution is 0.823. The molecule has 1 aromatic carbocycles. The fourth-order valence-corrected chi connectivity index (χ4v) is 0.733. The largest absolute Gasteiger partial charge is 0.412 e. The Bertz CT molecular complexity index is 253. The highest BCUT2D eigenvalue weighted by Gasteiger charge is 1.92. The molecule has 0 aliphatic carbocycles. The van der Waals surface area contributed by atoms with Gasteiger partial charge in [-0.1, -0.05) is 29.8 Å². The zero-order valence-electron chi connectivity index (χ0n) is 8.29. The highest BCUT2D eigenvalue weighted by molar-refractivity contribution is 5.94. The van der Waals surface area contributed by atoms with E-state index < -0.39 is 0 Å². The molecule has 7 heteroatoms. The van der Waals surface area contributed by atoms with Gasteiger partial charge in [-0.15, -0.1) is 12.4 Å². The number of hydrogen-bond acceptors (Lipinski definition) is 1. The number of hydrogen-bond donors (Lipinski definition) is 2. The van der Waals surface area contributed by atoms with Crippen LogP contribution < -0.4 is 5.73 Å². The van der Waals surface area contributed by atoms with E-state index in [2.05, 4.69) is 0 Å².